The van der Waals surface area contributed by atoms with E-state index in [4.69, 9.17) is 13.8 Å². The second-order valence-corrected chi connectivity index (χ2v) is 9.60. The monoisotopic (exact) mass is 482 g/mol. The Labute approximate surface area is 208 Å². The Morgan fingerprint density at radius 3 is 2.33 bits per heavy atom. The summed E-state index contributed by atoms with van der Waals surface area (Å²) in [5, 5.41) is 13.3. The van der Waals surface area contributed by atoms with Crippen LogP contribution in [-0.2, 0) is 0 Å². The normalized spacial score (nSPS) is 12.4. The predicted molar refractivity (Wildman–Crippen MR) is 135 cm³/mol. The highest BCUT2D eigenvalue weighted by Gasteiger charge is 2.34. The lowest BCUT2D eigenvalue weighted by atomic mass is 9.86. The molecule has 1 unspecified atom stereocenters. The van der Waals surface area contributed by atoms with Gasteiger partial charge in [0.05, 0.1) is 7.11 Å². The second kappa shape index (κ2) is 9.30. The van der Waals surface area contributed by atoms with Gasteiger partial charge in [-0.2, -0.15) is 4.98 Å². The van der Waals surface area contributed by atoms with Gasteiger partial charge < -0.3 is 19.1 Å². The molecule has 0 aliphatic heterocycles. The SMILES string of the molecule is COc1ccc(-c2noc(C(NC(=O)c3cc(-c4ccc5ccccc5c4)on3)C(C)(C)C)n2)cc1. The summed E-state index contributed by atoms with van der Waals surface area (Å²) in [5.74, 6) is 1.58. The third-order valence-electron chi connectivity index (χ3n) is 5.96. The summed E-state index contributed by atoms with van der Waals surface area (Å²) in [4.78, 5) is 17.7. The molecule has 8 nitrogen and oxygen atoms in total. The standard InChI is InChI=1S/C28H26N4O4/c1-28(2,3)24(27-30-25(32-36-27)18-11-13-21(34-4)14-12-18)29-26(33)22-16-23(35-31-22)20-10-9-17-7-5-6-8-19(17)15-20/h5-16,24H,1-4H3,(H,29,33). The van der Waals surface area contributed by atoms with Crippen LogP contribution in [0.3, 0.4) is 0 Å². The highest BCUT2D eigenvalue weighted by molar-refractivity contribution is 5.94. The average molecular weight is 483 g/mol. The van der Waals surface area contributed by atoms with Crippen LogP contribution >= 0.6 is 0 Å². The molecule has 0 saturated heterocycles. The Morgan fingerprint density at radius 2 is 1.61 bits per heavy atom. The summed E-state index contributed by atoms with van der Waals surface area (Å²) in [7, 11) is 1.61. The molecule has 0 aliphatic rings. The molecule has 3 aromatic carbocycles. The lowest BCUT2D eigenvalue weighted by Crippen LogP contribution is -2.37. The minimum absolute atomic E-state index is 0.169. The molecule has 5 aromatic rings. The summed E-state index contributed by atoms with van der Waals surface area (Å²) in [6, 6.07) is 22.4. The first-order valence-electron chi connectivity index (χ1n) is 11.6. The fraction of sp³-hybridized carbons (Fsp3) is 0.214. The molecule has 8 heteroatoms. The maximum Gasteiger partial charge on any atom is 0.274 e. The molecule has 1 amide bonds. The first-order chi connectivity index (χ1) is 17.3. The highest BCUT2D eigenvalue weighted by Crippen LogP contribution is 2.33. The van der Waals surface area contributed by atoms with Gasteiger partial charge in [0.15, 0.2) is 11.5 Å². The van der Waals surface area contributed by atoms with E-state index in [1.807, 2.05) is 87.5 Å². The minimum Gasteiger partial charge on any atom is -0.497 e. The van der Waals surface area contributed by atoms with Crippen LogP contribution in [0.25, 0.3) is 33.5 Å². The molecule has 0 fully saturated rings. The number of rotatable bonds is 6. The number of nitrogens with one attached hydrogen (secondary N) is 1. The van der Waals surface area contributed by atoms with Crippen molar-refractivity contribution < 1.29 is 18.6 Å². The van der Waals surface area contributed by atoms with Crippen LogP contribution in [-0.4, -0.2) is 28.3 Å². The van der Waals surface area contributed by atoms with Crippen molar-refractivity contribution in [2.24, 2.45) is 5.41 Å². The van der Waals surface area contributed by atoms with E-state index in [-0.39, 0.29) is 5.69 Å². The molecule has 36 heavy (non-hydrogen) atoms. The number of carbonyl (C=O) groups is 1. The van der Waals surface area contributed by atoms with E-state index in [1.165, 1.54) is 0 Å². The van der Waals surface area contributed by atoms with E-state index in [0.717, 1.165) is 27.6 Å². The molecule has 1 N–H and O–H groups in total. The van der Waals surface area contributed by atoms with E-state index in [2.05, 4.69) is 20.6 Å². The largest absolute Gasteiger partial charge is 0.497 e. The van der Waals surface area contributed by atoms with E-state index in [0.29, 0.717) is 17.5 Å². The summed E-state index contributed by atoms with van der Waals surface area (Å²) < 4.78 is 16.3. The molecule has 0 bridgehead atoms. The molecule has 0 saturated carbocycles. The Kier molecular flexibility index (Phi) is 6.01. The Balaban J connectivity index is 1.37. The van der Waals surface area contributed by atoms with Crippen molar-refractivity contribution in [2.75, 3.05) is 7.11 Å². The van der Waals surface area contributed by atoms with Crippen molar-refractivity contribution in [2.45, 2.75) is 26.8 Å². The average Bonchev–Trinajstić information content (AvgIpc) is 3.57. The Morgan fingerprint density at radius 1 is 0.889 bits per heavy atom. The zero-order valence-corrected chi connectivity index (χ0v) is 20.5. The number of fused-ring (bicyclic) bond motifs is 1. The Hall–Kier alpha value is -4.46. The van der Waals surface area contributed by atoms with Gasteiger partial charge in [-0.25, -0.2) is 0 Å². The zero-order valence-electron chi connectivity index (χ0n) is 20.5. The predicted octanol–water partition coefficient (Wildman–Crippen LogP) is 6.07. The first-order valence-corrected chi connectivity index (χ1v) is 11.6. The van der Waals surface area contributed by atoms with Crippen LogP contribution in [0.4, 0.5) is 0 Å². The van der Waals surface area contributed by atoms with E-state index in [9.17, 15) is 4.79 Å². The van der Waals surface area contributed by atoms with E-state index in [1.54, 1.807) is 13.2 Å². The number of benzene rings is 3. The van der Waals surface area contributed by atoms with Gasteiger partial charge in [-0.05, 0) is 46.5 Å². The Bertz CT molecular complexity index is 1510. The van der Waals surface area contributed by atoms with Crippen LogP contribution in [0.5, 0.6) is 5.75 Å². The number of hydrogen-bond donors (Lipinski definition) is 1. The number of amides is 1. The van der Waals surface area contributed by atoms with E-state index < -0.39 is 17.4 Å². The topological polar surface area (TPSA) is 103 Å². The summed E-state index contributed by atoms with van der Waals surface area (Å²) in [6.07, 6.45) is 0. The van der Waals surface area contributed by atoms with Crippen molar-refractivity contribution in [1.29, 1.82) is 0 Å². The first kappa shape index (κ1) is 23.3. The van der Waals surface area contributed by atoms with Crippen LogP contribution < -0.4 is 10.1 Å². The molecule has 5 rings (SSSR count). The fourth-order valence-electron chi connectivity index (χ4n) is 3.92. The van der Waals surface area contributed by atoms with Gasteiger partial charge in [0.25, 0.3) is 5.91 Å². The van der Waals surface area contributed by atoms with Crippen LogP contribution in [0.2, 0.25) is 0 Å². The van der Waals surface area contributed by atoms with Crippen molar-refractivity contribution >= 4 is 16.7 Å². The van der Waals surface area contributed by atoms with E-state index >= 15 is 0 Å². The number of nitrogens with zero attached hydrogens (tertiary/aromatic N) is 3. The lowest BCUT2D eigenvalue weighted by Gasteiger charge is -2.27. The maximum absolute atomic E-state index is 13.1. The van der Waals surface area contributed by atoms with Gasteiger partial charge in [-0.15, -0.1) is 0 Å². The lowest BCUT2D eigenvalue weighted by molar-refractivity contribution is 0.0871. The number of ether oxygens (including phenoxy) is 1. The third kappa shape index (κ3) is 4.70. The number of methoxy groups -OCH3 is 1. The molecule has 182 valence electrons. The highest BCUT2D eigenvalue weighted by atomic mass is 16.5. The molecule has 0 spiro atoms. The molecule has 1 atom stereocenters. The summed E-state index contributed by atoms with van der Waals surface area (Å²) in [5.41, 5.74) is 1.38. The maximum atomic E-state index is 13.1. The van der Waals surface area contributed by atoms with Gasteiger partial charge in [-0.1, -0.05) is 67.5 Å². The van der Waals surface area contributed by atoms with Gasteiger partial charge >= 0.3 is 0 Å². The molecule has 0 aliphatic carbocycles. The van der Waals surface area contributed by atoms with Crippen molar-refractivity contribution in [3.63, 3.8) is 0 Å². The smallest absolute Gasteiger partial charge is 0.274 e. The van der Waals surface area contributed by atoms with Crippen molar-refractivity contribution in [3.8, 4) is 28.5 Å². The molecule has 2 heterocycles. The van der Waals surface area contributed by atoms with Crippen molar-refractivity contribution in [3.05, 3.63) is 84.4 Å². The van der Waals surface area contributed by atoms with Crippen LogP contribution in [0.15, 0.2) is 81.8 Å². The minimum atomic E-state index is -0.551. The number of carbonyl (C=O) groups excluding carboxylic acids is 1. The van der Waals surface area contributed by atoms with Crippen LogP contribution in [0, 0.1) is 5.41 Å². The second-order valence-electron chi connectivity index (χ2n) is 9.60. The summed E-state index contributed by atoms with van der Waals surface area (Å²) >= 11 is 0. The fourth-order valence-corrected chi connectivity index (χ4v) is 3.92. The molecular formula is C28H26N4O4. The quantitative estimate of drug-likeness (QED) is 0.313. The van der Waals surface area contributed by atoms with Gasteiger partial charge in [0, 0.05) is 17.2 Å². The molecule has 2 aromatic heterocycles. The zero-order chi connectivity index (χ0) is 25.3. The third-order valence-corrected chi connectivity index (χ3v) is 5.96. The van der Waals surface area contributed by atoms with Crippen molar-refractivity contribution in [1.82, 2.24) is 20.6 Å². The van der Waals surface area contributed by atoms with Gasteiger partial charge in [-0.3, -0.25) is 4.79 Å². The number of hydrogen-bond acceptors (Lipinski definition) is 7. The summed E-state index contributed by atoms with van der Waals surface area (Å²) in [6.45, 7) is 5.95. The van der Waals surface area contributed by atoms with Gasteiger partial charge in [0.1, 0.15) is 11.8 Å². The van der Waals surface area contributed by atoms with Crippen LogP contribution in [0.1, 0.15) is 43.2 Å². The molecular weight excluding hydrogens is 456 g/mol. The van der Waals surface area contributed by atoms with Gasteiger partial charge in [0.2, 0.25) is 11.7 Å². The number of aromatic nitrogens is 3. The molecule has 0 radical (unpaired) electrons.